The van der Waals surface area contributed by atoms with Crippen molar-refractivity contribution in [1.82, 2.24) is 15.0 Å². The zero-order chi connectivity index (χ0) is 14.7. The van der Waals surface area contributed by atoms with E-state index < -0.39 is 0 Å². The molecule has 0 amide bonds. The second-order valence-corrected chi connectivity index (χ2v) is 5.77. The van der Waals surface area contributed by atoms with Crippen LogP contribution in [0.15, 0.2) is 12.5 Å². The van der Waals surface area contributed by atoms with Gasteiger partial charge in [0, 0.05) is 37.1 Å². The third kappa shape index (κ3) is 2.56. The monoisotopic (exact) mass is 296 g/mol. The summed E-state index contributed by atoms with van der Waals surface area (Å²) in [6, 6.07) is 4.24. The number of hydrogen-bond acceptors (Lipinski definition) is 7. The standard InChI is InChI=1S/C14H12N6S/c15-4-1-9(2-5-16)14-18-7-11(21-14)12-10-3-6-17-13(10)20-8-19-12/h7-9H,1-3,6H2,(H,17,19,20). The van der Waals surface area contributed by atoms with Gasteiger partial charge in [0.1, 0.15) is 12.1 Å². The number of aromatic nitrogens is 3. The molecule has 1 aliphatic rings. The molecule has 21 heavy (non-hydrogen) atoms. The fourth-order valence-corrected chi connectivity index (χ4v) is 3.41. The summed E-state index contributed by atoms with van der Waals surface area (Å²) in [6.07, 6.45) is 4.85. The lowest BCUT2D eigenvalue weighted by molar-refractivity contribution is 0.719. The fourth-order valence-electron chi connectivity index (χ4n) is 2.37. The molecule has 0 unspecified atom stereocenters. The lowest BCUT2D eigenvalue weighted by Gasteiger charge is -2.05. The van der Waals surface area contributed by atoms with Crippen LogP contribution in [0.5, 0.6) is 0 Å². The van der Waals surface area contributed by atoms with Gasteiger partial charge in [0.05, 0.1) is 27.7 Å². The van der Waals surface area contributed by atoms with Crippen molar-refractivity contribution in [3.63, 3.8) is 0 Å². The Bertz CT molecular complexity index is 723. The van der Waals surface area contributed by atoms with Crippen LogP contribution >= 0.6 is 11.3 Å². The molecule has 0 saturated heterocycles. The van der Waals surface area contributed by atoms with Crippen molar-refractivity contribution in [3.8, 4) is 22.7 Å². The van der Waals surface area contributed by atoms with Crippen molar-refractivity contribution < 1.29 is 0 Å². The number of fused-ring (bicyclic) bond motifs is 1. The highest BCUT2D eigenvalue weighted by Crippen LogP contribution is 2.35. The van der Waals surface area contributed by atoms with Crippen LogP contribution in [0.25, 0.3) is 10.6 Å². The van der Waals surface area contributed by atoms with Gasteiger partial charge in [0.15, 0.2) is 0 Å². The summed E-state index contributed by atoms with van der Waals surface area (Å²) in [5.74, 6) is 0.771. The van der Waals surface area contributed by atoms with E-state index in [0.717, 1.165) is 39.9 Å². The molecule has 0 saturated carbocycles. The molecule has 0 aromatic carbocycles. The largest absolute Gasteiger partial charge is 0.369 e. The van der Waals surface area contributed by atoms with Gasteiger partial charge in [0.2, 0.25) is 0 Å². The van der Waals surface area contributed by atoms with Crippen molar-refractivity contribution in [2.45, 2.75) is 25.2 Å². The molecular weight excluding hydrogens is 284 g/mol. The predicted octanol–water partition coefficient (Wildman–Crippen LogP) is 2.48. The fraction of sp³-hybridized carbons (Fsp3) is 0.357. The van der Waals surface area contributed by atoms with Crippen LogP contribution in [0.4, 0.5) is 5.82 Å². The van der Waals surface area contributed by atoms with Crippen molar-refractivity contribution in [2.75, 3.05) is 11.9 Å². The van der Waals surface area contributed by atoms with Crippen molar-refractivity contribution >= 4 is 17.2 Å². The predicted molar refractivity (Wildman–Crippen MR) is 78.5 cm³/mol. The van der Waals surface area contributed by atoms with Crippen molar-refractivity contribution in [2.24, 2.45) is 0 Å². The summed E-state index contributed by atoms with van der Waals surface area (Å²) in [5.41, 5.74) is 2.02. The van der Waals surface area contributed by atoms with Gasteiger partial charge in [-0.2, -0.15) is 10.5 Å². The Morgan fingerprint density at radius 2 is 2.05 bits per heavy atom. The van der Waals surface area contributed by atoms with Gasteiger partial charge in [-0.3, -0.25) is 0 Å². The average molecular weight is 296 g/mol. The topological polar surface area (TPSA) is 98.3 Å². The maximum absolute atomic E-state index is 8.86. The van der Waals surface area contributed by atoms with Gasteiger partial charge in [-0.1, -0.05) is 0 Å². The highest BCUT2D eigenvalue weighted by Gasteiger charge is 2.21. The summed E-state index contributed by atoms with van der Waals surface area (Å²) in [4.78, 5) is 14.0. The van der Waals surface area contributed by atoms with Crippen LogP contribution in [-0.2, 0) is 6.42 Å². The lowest BCUT2D eigenvalue weighted by atomic mass is 10.0. The molecular formula is C14H12N6S. The van der Waals surface area contributed by atoms with Crippen LogP contribution in [0.3, 0.4) is 0 Å². The van der Waals surface area contributed by atoms with E-state index in [-0.39, 0.29) is 5.92 Å². The SMILES string of the molecule is N#CCC(CC#N)c1ncc(-c2ncnc3c2CCN3)s1. The van der Waals surface area contributed by atoms with Crippen LogP contribution < -0.4 is 5.32 Å². The van der Waals surface area contributed by atoms with Crippen LogP contribution in [-0.4, -0.2) is 21.5 Å². The molecule has 2 aromatic heterocycles. The van der Waals surface area contributed by atoms with Crippen molar-refractivity contribution in [3.05, 3.63) is 23.1 Å². The second kappa shape index (κ2) is 5.86. The third-order valence-corrected chi connectivity index (χ3v) is 4.56. The molecule has 2 aromatic rings. The van der Waals surface area contributed by atoms with Gasteiger partial charge in [0.25, 0.3) is 0 Å². The first kappa shape index (κ1) is 13.5. The number of thiazole rings is 1. The Morgan fingerprint density at radius 3 is 2.81 bits per heavy atom. The van der Waals surface area contributed by atoms with Crippen LogP contribution in [0.2, 0.25) is 0 Å². The average Bonchev–Trinajstić information content (AvgIpc) is 3.15. The van der Waals surface area contributed by atoms with Crippen molar-refractivity contribution in [1.29, 1.82) is 10.5 Å². The quantitative estimate of drug-likeness (QED) is 0.930. The smallest absolute Gasteiger partial charge is 0.133 e. The minimum atomic E-state index is -0.119. The molecule has 0 aliphatic carbocycles. The van der Waals surface area contributed by atoms with Gasteiger partial charge in [-0.25, -0.2) is 15.0 Å². The number of rotatable bonds is 4. The van der Waals surface area contributed by atoms with E-state index in [1.54, 1.807) is 12.5 Å². The number of nitrogens with one attached hydrogen (secondary N) is 1. The molecule has 0 atom stereocenters. The Morgan fingerprint density at radius 1 is 1.24 bits per heavy atom. The van der Waals surface area contributed by atoms with E-state index in [0.29, 0.717) is 12.8 Å². The first-order chi connectivity index (χ1) is 10.3. The van der Waals surface area contributed by atoms with E-state index >= 15 is 0 Å². The summed E-state index contributed by atoms with van der Waals surface area (Å²) in [6.45, 7) is 0.873. The van der Waals surface area contributed by atoms with E-state index in [9.17, 15) is 0 Å². The number of nitrogens with zero attached hydrogens (tertiary/aromatic N) is 5. The van der Waals surface area contributed by atoms with E-state index in [2.05, 4.69) is 32.4 Å². The number of nitriles is 2. The summed E-state index contributed by atoms with van der Waals surface area (Å²) >= 11 is 1.51. The summed E-state index contributed by atoms with van der Waals surface area (Å²) in [5, 5.41) is 21.8. The molecule has 6 nitrogen and oxygen atoms in total. The lowest BCUT2D eigenvalue weighted by Crippen LogP contribution is -1.95. The third-order valence-electron chi connectivity index (χ3n) is 3.39. The number of anilines is 1. The van der Waals surface area contributed by atoms with Crippen LogP contribution in [0.1, 0.15) is 29.3 Å². The first-order valence-corrected chi connectivity index (χ1v) is 7.43. The number of hydrogen-bond donors (Lipinski definition) is 1. The summed E-state index contributed by atoms with van der Waals surface area (Å²) < 4.78 is 0. The maximum Gasteiger partial charge on any atom is 0.133 e. The molecule has 7 heteroatoms. The maximum atomic E-state index is 8.86. The Hall–Kier alpha value is -2.51. The molecule has 3 heterocycles. The molecule has 1 N–H and O–H groups in total. The molecule has 1 aliphatic heterocycles. The Kier molecular flexibility index (Phi) is 3.76. The summed E-state index contributed by atoms with van der Waals surface area (Å²) in [7, 11) is 0. The minimum absolute atomic E-state index is 0.119. The van der Waals surface area contributed by atoms with Gasteiger partial charge >= 0.3 is 0 Å². The van der Waals surface area contributed by atoms with Crippen LogP contribution in [0, 0.1) is 22.7 Å². The van der Waals surface area contributed by atoms with E-state index in [1.807, 2.05) is 0 Å². The zero-order valence-electron chi connectivity index (χ0n) is 11.2. The molecule has 0 fully saturated rings. The van der Waals surface area contributed by atoms with E-state index in [1.165, 1.54) is 11.3 Å². The minimum Gasteiger partial charge on any atom is -0.369 e. The molecule has 0 spiro atoms. The second-order valence-electron chi connectivity index (χ2n) is 4.71. The van der Waals surface area contributed by atoms with Gasteiger partial charge < -0.3 is 5.32 Å². The highest BCUT2D eigenvalue weighted by molar-refractivity contribution is 7.15. The van der Waals surface area contributed by atoms with Gasteiger partial charge in [-0.15, -0.1) is 11.3 Å². The molecule has 0 bridgehead atoms. The highest BCUT2D eigenvalue weighted by atomic mass is 32.1. The van der Waals surface area contributed by atoms with E-state index in [4.69, 9.17) is 10.5 Å². The zero-order valence-corrected chi connectivity index (χ0v) is 12.0. The molecule has 104 valence electrons. The first-order valence-electron chi connectivity index (χ1n) is 6.61. The Balaban J connectivity index is 1.94. The Labute approximate surface area is 126 Å². The van der Waals surface area contributed by atoms with Gasteiger partial charge in [-0.05, 0) is 6.42 Å². The normalized spacial score (nSPS) is 12.5. The molecule has 0 radical (unpaired) electrons. The molecule has 3 rings (SSSR count).